The average molecular weight is 361 g/mol. The van der Waals surface area contributed by atoms with E-state index in [9.17, 15) is 9.18 Å². The number of nitrogens with zero attached hydrogens (tertiary/aromatic N) is 1. The number of fused-ring (bicyclic) bond motifs is 2. The number of amides is 1. The maximum atomic E-state index is 13.3. The summed E-state index contributed by atoms with van der Waals surface area (Å²) in [4.78, 5) is 17.7. The van der Waals surface area contributed by atoms with E-state index in [1.54, 1.807) is 17.4 Å². The standard InChI is InChI=1S/C17H16FN3OS2/c1-8-2-4-10-12(6-8)23-16(14(10)15(19)22)21-17-20-11-5-3-9(18)7-13(11)24-17/h3,5,7-8H,2,4,6H2,1H3,(H2,19,22)(H,20,21)/t8-/m1/s1. The van der Waals surface area contributed by atoms with E-state index < -0.39 is 5.91 Å². The Hall–Kier alpha value is -1.99. The van der Waals surface area contributed by atoms with Crippen LogP contribution in [0.3, 0.4) is 0 Å². The minimum atomic E-state index is -0.406. The highest BCUT2D eigenvalue weighted by Crippen LogP contribution is 2.41. The van der Waals surface area contributed by atoms with Gasteiger partial charge in [-0.05, 0) is 48.9 Å². The van der Waals surface area contributed by atoms with Gasteiger partial charge in [0.15, 0.2) is 5.13 Å². The highest BCUT2D eigenvalue weighted by atomic mass is 32.1. The first-order valence-electron chi connectivity index (χ1n) is 7.78. The van der Waals surface area contributed by atoms with Crippen molar-refractivity contribution in [1.29, 1.82) is 0 Å². The number of halogens is 1. The number of hydrogen-bond donors (Lipinski definition) is 2. The minimum absolute atomic E-state index is 0.281. The molecule has 4 nitrogen and oxygen atoms in total. The number of carbonyl (C=O) groups is 1. The molecule has 0 unspecified atom stereocenters. The van der Waals surface area contributed by atoms with Crippen LogP contribution < -0.4 is 11.1 Å². The molecule has 7 heteroatoms. The second-order valence-electron chi connectivity index (χ2n) is 6.18. The predicted molar refractivity (Wildman–Crippen MR) is 96.9 cm³/mol. The van der Waals surface area contributed by atoms with Crippen molar-refractivity contribution in [3.05, 3.63) is 40.0 Å². The third-order valence-corrected chi connectivity index (χ3v) is 6.43. The largest absolute Gasteiger partial charge is 0.365 e. The summed E-state index contributed by atoms with van der Waals surface area (Å²) in [6, 6.07) is 4.52. The fourth-order valence-corrected chi connectivity index (χ4v) is 5.52. The molecule has 2 heterocycles. The van der Waals surface area contributed by atoms with Gasteiger partial charge in [0, 0.05) is 4.88 Å². The quantitative estimate of drug-likeness (QED) is 0.723. The predicted octanol–water partition coefficient (Wildman–Crippen LogP) is 4.46. The van der Waals surface area contributed by atoms with Crippen molar-refractivity contribution in [2.75, 3.05) is 5.32 Å². The van der Waals surface area contributed by atoms with Crippen LogP contribution in [0.25, 0.3) is 10.2 Å². The number of anilines is 2. The minimum Gasteiger partial charge on any atom is -0.365 e. The summed E-state index contributed by atoms with van der Waals surface area (Å²) in [6.45, 7) is 2.22. The molecule has 0 bridgehead atoms. The van der Waals surface area contributed by atoms with Crippen LogP contribution >= 0.6 is 22.7 Å². The van der Waals surface area contributed by atoms with Crippen LogP contribution in [0.5, 0.6) is 0 Å². The molecule has 24 heavy (non-hydrogen) atoms. The molecule has 3 N–H and O–H groups in total. The summed E-state index contributed by atoms with van der Waals surface area (Å²) >= 11 is 2.95. The Balaban J connectivity index is 1.74. The molecule has 1 aromatic carbocycles. The number of nitrogens with one attached hydrogen (secondary N) is 1. The molecule has 0 fully saturated rings. The van der Waals surface area contributed by atoms with Gasteiger partial charge in [-0.2, -0.15) is 0 Å². The number of carbonyl (C=O) groups excluding carboxylic acids is 1. The smallest absolute Gasteiger partial charge is 0.251 e. The van der Waals surface area contributed by atoms with E-state index in [1.807, 2.05) is 0 Å². The molecule has 0 spiro atoms. The van der Waals surface area contributed by atoms with Crippen molar-refractivity contribution in [3.8, 4) is 0 Å². The molecule has 2 aromatic heterocycles. The molecule has 0 aliphatic heterocycles. The number of rotatable bonds is 3. The van der Waals surface area contributed by atoms with Gasteiger partial charge in [-0.25, -0.2) is 9.37 Å². The molecule has 1 atom stereocenters. The van der Waals surface area contributed by atoms with E-state index in [0.29, 0.717) is 16.6 Å². The third kappa shape index (κ3) is 2.67. The Morgan fingerprint density at radius 3 is 3.04 bits per heavy atom. The zero-order chi connectivity index (χ0) is 16.8. The third-order valence-electron chi connectivity index (χ3n) is 4.33. The Kier molecular flexibility index (Phi) is 3.77. The molecule has 3 aromatic rings. The summed E-state index contributed by atoms with van der Waals surface area (Å²) in [5.41, 5.74) is 8.04. The van der Waals surface area contributed by atoms with Crippen molar-refractivity contribution in [3.63, 3.8) is 0 Å². The van der Waals surface area contributed by atoms with E-state index in [-0.39, 0.29) is 5.82 Å². The van der Waals surface area contributed by atoms with Gasteiger partial charge in [-0.1, -0.05) is 18.3 Å². The normalized spacial score (nSPS) is 17.0. The lowest BCUT2D eigenvalue weighted by Crippen LogP contribution is -2.17. The molecular formula is C17H16FN3OS2. The number of thiazole rings is 1. The van der Waals surface area contributed by atoms with Crippen LogP contribution in [0.15, 0.2) is 18.2 Å². The molecule has 1 aliphatic rings. The summed E-state index contributed by atoms with van der Waals surface area (Å²) in [7, 11) is 0. The fraction of sp³-hybridized carbons (Fsp3) is 0.294. The molecule has 0 saturated heterocycles. The molecule has 4 rings (SSSR count). The Bertz CT molecular complexity index is 947. The van der Waals surface area contributed by atoms with Crippen LogP contribution in [-0.2, 0) is 12.8 Å². The maximum Gasteiger partial charge on any atom is 0.251 e. The van der Waals surface area contributed by atoms with Crippen LogP contribution in [-0.4, -0.2) is 10.9 Å². The second kappa shape index (κ2) is 5.82. The van der Waals surface area contributed by atoms with Gasteiger partial charge in [-0.3, -0.25) is 4.79 Å². The molecule has 1 amide bonds. The first-order chi connectivity index (χ1) is 11.5. The highest BCUT2D eigenvalue weighted by Gasteiger charge is 2.26. The van der Waals surface area contributed by atoms with Crippen molar-refractivity contribution < 1.29 is 9.18 Å². The van der Waals surface area contributed by atoms with Crippen molar-refractivity contribution in [2.24, 2.45) is 11.7 Å². The van der Waals surface area contributed by atoms with Gasteiger partial charge < -0.3 is 11.1 Å². The number of aromatic nitrogens is 1. The van der Waals surface area contributed by atoms with E-state index >= 15 is 0 Å². The number of benzene rings is 1. The van der Waals surface area contributed by atoms with Crippen LogP contribution in [0, 0.1) is 11.7 Å². The molecule has 124 valence electrons. The monoisotopic (exact) mass is 361 g/mol. The lowest BCUT2D eigenvalue weighted by atomic mass is 9.88. The summed E-state index contributed by atoms with van der Waals surface area (Å²) in [6.07, 6.45) is 2.94. The number of nitrogens with two attached hydrogens (primary N) is 1. The topological polar surface area (TPSA) is 68.0 Å². The van der Waals surface area contributed by atoms with Crippen molar-refractivity contribution in [1.82, 2.24) is 4.98 Å². The highest BCUT2D eigenvalue weighted by molar-refractivity contribution is 7.23. The van der Waals surface area contributed by atoms with Gasteiger partial charge >= 0.3 is 0 Å². The fourth-order valence-electron chi connectivity index (χ4n) is 3.15. The molecule has 1 aliphatic carbocycles. The maximum absolute atomic E-state index is 13.3. The zero-order valence-corrected chi connectivity index (χ0v) is 14.7. The van der Waals surface area contributed by atoms with Crippen molar-refractivity contribution >= 4 is 48.9 Å². The molecule has 0 radical (unpaired) electrons. The van der Waals surface area contributed by atoms with E-state index in [2.05, 4.69) is 17.2 Å². The van der Waals surface area contributed by atoms with Gasteiger partial charge in [0.05, 0.1) is 15.8 Å². The zero-order valence-electron chi connectivity index (χ0n) is 13.1. The Morgan fingerprint density at radius 2 is 2.25 bits per heavy atom. The van der Waals surface area contributed by atoms with Gasteiger partial charge in [0.2, 0.25) is 0 Å². The first kappa shape index (κ1) is 15.5. The van der Waals surface area contributed by atoms with Gasteiger partial charge in [0.25, 0.3) is 5.91 Å². The second-order valence-corrected chi connectivity index (χ2v) is 8.31. The average Bonchev–Trinajstić information content (AvgIpc) is 3.06. The van der Waals surface area contributed by atoms with Crippen LogP contribution in [0.1, 0.15) is 34.1 Å². The number of thiophene rings is 1. The first-order valence-corrected chi connectivity index (χ1v) is 9.42. The van der Waals surface area contributed by atoms with E-state index in [4.69, 9.17) is 5.73 Å². The number of hydrogen-bond acceptors (Lipinski definition) is 5. The van der Waals surface area contributed by atoms with Crippen LogP contribution in [0.4, 0.5) is 14.5 Å². The Labute approximate surface area is 146 Å². The lowest BCUT2D eigenvalue weighted by molar-refractivity contribution is 0.1000. The van der Waals surface area contributed by atoms with Crippen LogP contribution in [0.2, 0.25) is 0 Å². The summed E-state index contributed by atoms with van der Waals surface area (Å²) < 4.78 is 14.1. The number of primary amides is 1. The van der Waals surface area contributed by atoms with Gasteiger partial charge in [0.1, 0.15) is 10.8 Å². The lowest BCUT2D eigenvalue weighted by Gasteiger charge is -2.18. The van der Waals surface area contributed by atoms with Crippen molar-refractivity contribution in [2.45, 2.75) is 26.2 Å². The summed E-state index contributed by atoms with van der Waals surface area (Å²) in [5.74, 6) is -0.0667. The SMILES string of the molecule is C[C@@H]1CCc2c(sc(Nc3nc4ccc(F)cc4s3)c2C(N)=O)C1. The van der Waals surface area contributed by atoms with Gasteiger partial charge in [-0.15, -0.1) is 11.3 Å². The molecule has 0 saturated carbocycles. The summed E-state index contributed by atoms with van der Waals surface area (Å²) in [5, 5.41) is 4.63. The van der Waals surface area contributed by atoms with E-state index in [0.717, 1.165) is 40.0 Å². The van der Waals surface area contributed by atoms with E-state index in [1.165, 1.54) is 28.3 Å². The molecular weight excluding hydrogens is 345 g/mol. The Morgan fingerprint density at radius 1 is 1.42 bits per heavy atom.